The van der Waals surface area contributed by atoms with Gasteiger partial charge in [0, 0.05) is 0 Å². The molecule has 0 aliphatic heterocycles. The second kappa shape index (κ2) is 6.98. The van der Waals surface area contributed by atoms with Crippen LogP contribution in [-0.2, 0) is 11.1 Å². The maximum atomic E-state index is 4.86. The second-order valence-corrected chi connectivity index (χ2v) is 8.87. The van der Waals surface area contributed by atoms with Crippen LogP contribution in [0.15, 0.2) is 34.5 Å². The molecule has 2 rings (SSSR count). The van der Waals surface area contributed by atoms with E-state index in [2.05, 4.69) is 93.5 Å². The van der Waals surface area contributed by atoms with E-state index in [-0.39, 0.29) is 11.1 Å². The number of benzene rings is 2. The van der Waals surface area contributed by atoms with Gasteiger partial charge in [-0.25, -0.2) is 0 Å². The van der Waals surface area contributed by atoms with Gasteiger partial charge in [-0.15, -0.1) is 0 Å². The van der Waals surface area contributed by atoms with Crippen molar-refractivity contribution in [3.63, 3.8) is 0 Å². The van der Waals surface area contributed by atoms with Crippen LogP contribution >= 0.6 is 0 Å². The van der Waals surface area contributed by atoms with Gasteiger partial charge in [0.05, 0.1) is 0 Å². The third kappa shape index (κ3) is 4.06. The third-order valence-electron chi connectivity index (χ3n) is 5.13. The predicted octanol–water partition coefficient (Wildman–Crippen LogP) is 7.16. The largest absolute Gasteiger partial charge is 0.182 e. The molecule has 2 heteroatoms. The minimum Gasteiger partial charge on any atom is -0.182 e. The van der Waals surface area contributed by atoms with E-state index in [1.165, 1.54) is 44.5 Å². The minimum atomic E-state index is -0.356. The summed E-state index contributed by atoms with van der Waals surface area (Å²) in [5.74, 6) is 0. The highest BCUT2D eigenvalue weighted by Crippen LogP contribution is 2.36. The molecule has 0 saturated heterocycles. The predicted molar refractivity (Wildman–Crippen MR) is 112 cm³/mol. The maximum Gasteiger partial charge on any atom is 0.101 e. The van der Waals surface area contributed by atoms with Gasteiger partial charge in [-0.05, 0) is 103 Å². The second-order valence-electron chi connectivity index (χ2n) is 8.87. The zero-order chi connectivity index (χ0) is 19.9. The van der Waals surface area contributed by atoms with E-state index in [0.717, 1.165) is 0 Å². The van der Waals surface area contributed by atoms with Crippen molar-refractivity contribution in [3.8, 4) is 0 Å². The van der Waals surface area contributed by atoms with Gasteiger partial charge in [0.25, 0.3) is 0 Å². The summed E-state index contributed by atoms with van der Waals surface area (Å²) in [7, 11) is 0. The molecular formula is C24H34N2. The van der Waals surface area contributed by atoms with Crippen molar-refractivity contribution in [2.24, 2.45) is 10.2 Å². The lowest BCUT2D eigenvalue weighted by molar-refractivity contribution is 0.434. The van der Waals surface area contributed by atoms with Crippen LogP contribution in [-0.4, -0.2) is 0 Å². The Kier molecular flexibility index (Phi) is 5.46. The molecule has 0 atom stereocenters. The molecule has 0 N–H and O–H groups in total. The Morgan fingerprint density at radius 1 is 0.500 bits per heavy atom. The van der Waals surface area contributed by atoms with E-state index < -0.39 is 0 Å². The van der Waals surface area contributed by atoms with E-state index >= 15 is 0 Å². The zero-order valence-electron chi connectivity index (χ0n) is 18.2. The van der Waals surface area contributed by atoms with E-state index in [1.807, 2.05) is 0 Å². The molecule has 0 aromatic heterocycles. The van der Waals surface area contributed by atoms with Crippen molar-refractivity contribution < 1.29 is 0 Å². The smallest absolute Gasteiger partial charge is 0.101 e. The Hall–Kier alpha value is -1.96. The average Bonchev–Trinajstić information content (AvgIpc) is 2.42. The van der Waals surface area contributed by atoms with Crippen molar-refractivity contribution >= 4 is 0 Å². The summed E-state index contributed by atoms with van der Waals surface area (Å²) in [5.41, 5.74) is 9.57. The fraction of sp³-hybridized carbons (Fsp3) is 0.500. The molecule has 0 amide bonds. The van der Waals surface area contributed by atoms with Crippen molar-refractivity contribution in [2.75, 3.05) is 0 Å². The summed E-state index contributed by atoms with van der Waals surface area (Å²) >= 11 is 0. The molecule has 2 nitrogen and oxygen atoms in total. The van der Waals surface area contributed by atoms with Gasteiger partial charge >= 0.3 is 0 Å². The molecule has 0 fully saturated rings. The fourth-order valence-electron chi connectivity index (χ4n) is 4.64. The Labute approximate surface area is 159 Å². The zero-order valence-corrected chi connectivity index (χ0v) is 18.2. The van der Waals surface area contributed by atoms with Gasteiger partial charge in [-0.3, -0.25) is 0 Å². The van der Waals surface area contributed by atoms with Gasteiger partial charge in [0.1, 0.15) is 11.1 Å². The van der Waals surface area contributed by atoms with Crippen LogP contribution in [0.1, 0.15) is 72.2 Å². The molecule has 2 aromatic carbocycles. The minimum absolute atomic E-state index is 0.356. The van der Waals surface area contributed by atoms with Crippen LogP contribution < -0.4 is 0 Å². The first-order chi connectivity index (χ1) is 11.8. The molecule has 0 unspecified atom stereocenters. The topological polar surface area (TPSA) is 24.7 Å². The average molecular weight is 351 g/mol. The standard InChI is InChI=1S/C24H34N2/c1-15-11-17(3)21(18(4)12-15)23(7,8)25-26-24(9,10)22-19(5)13-16(2)14-20(22)6/h11-14H,1-10H3. The third-order valence-corrected chi connectivity index (χ3v) is 5.13. The molecule has 0 saturated carbocycles. The lowest BCUT2D eigenvalue weighted by Gasteiger charge is -2.28. The summed E-state index contributed by atoms with van der Waals surface area (Å²) in [6.45, 7) is 21.6. The van der Waals surface area contributed by atoms with Gasteiger partial charge < -0.3 is 0 Å². The summed E-state index contributed by atoms with van der Waals surface area (Å²) < 4.78 is 0. The number of aryl methyl sites for hydroxylation is 6. The molecule has 0 spiro atoms. The van der Waals surface area contributed by atoms with Crippen molar-refractivity contribution in [1.82, 2.24) is 0 Å². The van der Waals surface area contributed by atoms with E-state index in [9.17, 15) is 0 Å². The molecular weight excluding hydrogens is 316 g/mol. The SMILES string of the molecule is Cc1cc(C)c(C(C)(C)N=NC(C)(C)c2c(C)cc(C)cc2C)c(C)c1. The Bertz CT molecular complexity index is 737. The lowest BCUT2D eigenvalue weighted by atomic mass is 9.85. The fourth-order valence-corrected chi connectivity index (χ4v) is 4.64. The Balaban J connectivity index is 2.48. The summed E-state index contributed by atoms with van der Waals surface area (Å²) in [6.07, 6.45) is 0. The highest BCUT2D eigenvalue weighted by molar-refractivity contribution is 5.43. The Morgan fingerprint density at radius 2 is 0.731 bits per heavy atom. The first kappa shape index (κ1) is 20.4. The molecule has 140 valence electrons. The molecule has 0 heterocycles. The maximum absolute atomic E-state index is 4.86. The molecule has 2 aromatic rings. The molecule has 0 bridgehead atoms. The quantitative estimate of drug-likeness (QED) is 0.523. The van der Waals surface area contributed by atoms with Crippen molar-refractivity contribution in [3.05, 3.63) is 68.8 Å². The summed E-state index contributed by atoms with van der Waals surface area (Å²) in [4.78, 5) is 0. The highest BCUT2D eigenvalue weighted by atomic mass is 15.2. The summed E-state index contributed by atoms with van der Waals surface area (Å²) in [5, 5.41) is 9.71. The molecule has 26 heavy (non-hydrogen) atoms. The monoisotopic (exact) mass is 350 g/mol. The van der Waals surface area contributed by atoms with Gasteiger partial charge in [0.2, 0.25) is 0 Å². The lowest BCUT2D eigenvalue weighted by Crippen LogP contribution is -2.21. The van der Waals surface area contributed by atoms with E-state index in [4.69, 9.17) is 10.2 Å². The van der Waals surface area contributed by atoms with Gasteiger partial charge in [0.15, 0.2) is 0 Å². The van der Waals surface area contributed by atoms with Gasteiger partial charge in [-0.2, -0.15) is 10.2 Å². The Morgan fingerprint density at radius 3 is 0.962 bits per heavy atom. The first-order valence-corrected chi connectivity index (χ1v) is 9.46. The van der Waals surface area contributed by atoms with Crippen LogP contribution in [0.3, 0.4) is 0 Å². The van der Waals surface area contributed by atoms with Gasteiger partial charge in [-0.1, -0.05) is 35.4 Å². The number of hydrogen-bond donors (Lipinski definition) is 0. The molecule has 0 aliphatic carbocycles. The molecule has 0 aliphatic rings. The first-order valence-electron chi connectivity index (χ1n) is 9.46. The normalized spacial score (nSPS) is 12.8. The van der Waals surface area contributed by atoms with E-state index in [1.54, 1.807) is 0 Å². The van der Waals surface area contributed by atoms with Crippen LogP contribution in [0, 0.1) is 41.5 Å². The van der Waals surface area contributed by atoms with Crippen LogP contribution in [0.4, 0.5) is 0 Å². The van der Waals surface area contributed by atoms with Crippen molar-refractivity contribution in [1.29, 1.82) is 0 Å². The number of nitrogens with zero attached hydrogens (tertiary/aromatic N) is 2. The van der Waals surface area contributed by atoms with E-state index in [0.29, 0.717) is 0 Å². The van der Waals surface area contributed by atoms with Crippen LogP contribution in [0.25, 0.3) is 0 Å². The number of rotatable bonds is 4. The molecule has 0 radical (unpaired) electrons. The highest BCUT2D eigenvalue weighted by Gasteiger charge is 2.28. The van der Waals surface area contributed by atoms with Crippen molar-refractivity contribution in [2.45, 2.75) is 80.3 Å². The number of hydrogen-bond acceptors (Lipinski definition) is 2. The number of azo groups is 1. The summed E-state index contributed by atoms with van der Waals surface area (Å²) in [6, 6.07) is 8.94. The van der Waals surface area contributed by atoms with Crippen LogP contribution in [0.2, 0.25) is 0 Å². The van der Waals surface area contributed by atoms with Crippen LogP contribution in [0.5, 0.6) is 0 Å².